The minimum Gasteiger partial charge on any atom is -0.495 e. The maximum atomic E-state index is 12.5. The lowest BCUT2D eigenvalue weighted by Crippen LogP contribution is -2.16. The molecule has 1 aromatic carbocycles. The Morgan fingerprint density at radius 1 is 1.15 bits per heavy atom. The van der Waals surface area contributed by atoms with Gasteiger partial charge in [-0.15, -0.1) is 0 Å². The van der Waals surface area contributed by atoms with Gasteiger partial charge >= 0.3 is 0 Å². The molecule has 8 heteroatoms. The second kappa shape index (κ2) is 8.26. The number of amides is 1. The molecule has 0 aliphatic rings. The molecule has 2 aromatic heterocycles. The molecule has 0 spiro atoms. The van der Waals surface area contributed by atoms with Gasteiger partial charge in [0.25, 0.3) is 5.91 Å². The lowest BCUT2D eigenvalue weighted by molar-refractivity contribution is 0.102. The minimum atomic E-state index is -0.389. The second-order valence-electron chi connectivity index (χ2n) is 5.27. The van der Waals surface area contributed by atoms with Crippen LogP contribution in [0, 0.1) is 0 Å². The van der Waals surface area contributed by atoms with Crippen molar-refractivity contribution in [1.29, 1.82) is 0 Å². The summed E-state index contributed by atoms with van der Waals surface area (Å²) in [5.41, 5.74) is 1.72. The van der Waals surface area contributed by atoms with E-state index in [1.165, 1.54) is 19.4 Å². The predicted octanol–water partition coefficient (Wildman–Crippen LogP) is 3.40. The lowest BCUT2D eigenvalue weighted by atomic mass is 10.2. The summed E-state index contributed by atoms with van der Waals surface area (Å²) in [6.07, 6.45) is 4.94. The number of hydrogen-bond donors (Lipinski definition) is 2. The van der Waals surface area contributed by atoms with Gasteiger partial charge in [0.1, 0.15) is 11.4 Å². The van der Waals surface area contributed by atoms with Crippen LogP contribution in [-0.2, 0) is 6.54 Å². The van der Waals surface area contributed by atoms with Gasteiger partial charge in [-0.3, -0.25) is 9.78 Å². The molecule has 3 aromatic rings. The van der Waals surface area contributed by atoms with Gasteiger partial charge in [0, 0.05) is 30.2 Å². The highest BCUT2D eigenvalue weighted by atomic mass is 35.5. The molecule has 0 atom stereocenters. The van der Waals surface area contributed by atoms with Crippen LogP contribution in [0.25, 0.3) is 0 Å². The number of nitrogens with one attached hydrogen (secondary N) is 2. The van der Waals surface area contributed by atoms with Gasteiger partial charge in [-0.05, 0) is 42.0 Å². The monoisotopic (exact) mass is 369 g/mol. The molecule has 3 rings (SSSR count). The van der Waals surface area contributed by atoms with Gasteiger partial charge in [-0.1, -0.05) is 11.6 Å². The average Bonchev–Trinajstić information content (AvgIpc) is 2.67. The second-order valence-corrected chi connectivity index (χ2v) is 5.71. The number of carbonyl (C=O) groups is 1. The fraction of sp³-hybridized carbons (Fsp3) is 0.111. The number of hydrogen-bond acceptors (Lipinski definition) is 6. The zero-order valence-corrected chi connectivity index (χ0v) is 14.7. The van der Waals surface area contributed by atoms with E-state index >= 15 is 0 Å². The Morgan fingerprint density at radius 3 is 2.73 bits per heavy atom. The first-order valence-corrected chi connectivity index (χ1v) is 8.14. The van der Waals surface area contributed by atoms with E-state index in [1.54, 1.807) is 30.6 Å². The van der Waals surface area contributed by atoms with Crippen LogP contribution in [0.15, 0.2) is 55.0 Å². The normalized spacial score (nSPS) is 10.2. The molecule has 0 aliphatic heterocycles. The van der Waals surface area contributed by atoms with Crippen LogP contribution >= 0.6 is 11.6 Å². The number of rotatable bonds is 6. The van der Waals surface area contributed by atoms with Crippen molar-refractivity contribution in [2.45, 2.75) is 6.54 Å². The number of aromatic nitrogens is 3. The van der Waals surface area contributed by atoms with Crippen molar-refractivity contribution in [2.24, 2.45) is 0 Å². The molecule has 0 aliphatic carbocycles. The molecule has 0 radical (unpaired) electrons. The number of carbonyl (C=O) groups excluding carboxylic acids is 1. The fourth-order valence-corrected chi connectivity index (χ4v) is 2.39. The highest BCUT2D eigenvalue weighted by Crippen LogP contribution is 2.28. The lowest BCUT2D eigenvalue weighted by Gasteiger charge is -2.11. The maximum absolute atomic E-state index is 12.5. The summed E-state index contributed by atoms with van der Waals surface area (Å²) in [6, 6.07) is 10.3. The summed E-state index contributed by atoms with van der Waals surface area (Å²) in [4.78, 5) is 24.8. The van der Waals surface area contributed by atoms with Crippen molar-refractivity contribution in [3.8, 4) is 5.75 Å². The molecule has 7 nitrogen and oxygen atoms in total. The molecule has 0 unspecified atom stereocenters. The Balaban J connectivity index is 1.71. The highest BCUT2D eigenvalue weighted by molar-refractivity contribution is 6.31. The van der Waals surface area contributed by atoms with Crippen LogP contribution < -0.4 is 15.4 Å². The molecule has 0 saturated heterocycles. The molecular weight excluding hydrogens is 354 g/mol. The number of anilines is 2. The van der Waals surface area contributed by atoms with E-state index in [0.29, 0.717) is 29.0 Å². The zero-order chi connectivity index (χ0) is 18.4. The van der Waals surface area contributed by atoms with Crippen molar-refractivity contribution in [2.75, 3.05) is 17.7 Å². The van der Waals surface area contributed by atoms with Crippen LogP contribution in [-0.4, -0.2) is 28.0 Å². The van der Waals surface area contributed by atoms with Crippen LogP contribution in [0.1, 0.15) is 16.1 Å². The molecule has 1 amide bonds. The topological polar surface area (TPSA) is 89.0 Å². The van der Waals surface area contributed by atoms with E-state index in [2.05, 4.69) is 25.6 Å². The van der Waals surface area contributed by atoms with Gasteiger partial charge in [0.15, 0.2) is 0 Å². The van der Waals surface area contributed by atoms with E-state index in [9.17, 15) is 4.79 Å². The van der Waals surface area contributed by atoms with Crippen molar-refractivity contribution in [1.82, 2.24) is 15.0 Å². The molecule has 26 heavy (non-hydrogen) atoms. The van der Waals surface area contributed by atoms with E-state index in [0.717, 1.165) is 5.56 Å². The Kier molecular flexibility index (Phi) is 5.60. The molecule has 0 saturated carbocycles. The van der Waals surface area contributed by atoms with Gasteiger partial charge in [0.05, 0.1) is 12.8 Å². The summed E-state index contributed by atoms with van der Waals surface area (Å²) < 4.78 is 5.22. The van der Waals surface area contributed by atoms with Crippen LogP contribution in [0.5, 0.6) is 5.75 Å². The van der Waals surface area contributed by atoms with Gasteiger partial charge in [-0.25, -0.2) is 9.97 Å². The Morgan fingerprint density at radius 2 is 1.96 bits per heavy atom. The van der Waals surface area contributed by atoms with Gasteiger partial charge in [0.2, 0.25) is 5.95 Å². The third kappa shape index (κ3) is 4.46. The first-order valence-electron chi connectivity index (χ1n) is 7.76. The first kappa shape index (κ1) is 17.6. The SMILES string of the molecule is COc1ccc(Cl)cc1NC(=O)c1ccnc(NCc2ccncc2)n1. The number of pyridine rings is 1. The maximum Gasteiger partial charge on any atom is 0.274 e. The third-order valence-corrected chi connectivity index (χ3v) is 3.73. The van der Waals surface area contributed by atoms with E-state index < -0.39 is 0 Å². The van der Waals surface area contributed by atoms with E-state index in [-0.39, 0.29) is 11.6 Å². The number of methoxy groups -OCH3 is 1. The van der Waals surface area contributed by atoms with Gasteiger partial charge < -0.3 is 15.4 Å². The highest BCUT2D eigenvalue weighted by Gasteiger charge is 2.12. The number of ether oxygens (including phenoxy) is 1. The molecule has 0 bridgehead atoms. The molecular formula is C18H16ClN5O2. The summed E-state index contributed by atoms with van der Waals surface area (Å²) >= 11 is 5.98. The van der Waals surface area contributed by atoms with Crippen molar-refractivity contribution >= 4 is 29.1 Å². The standard InChI is InChI=1S/C18H16ClN5O2/c1-26-16-3-2-13(19)10-15(16)23-17(25)14-6-9-21-18(24-14)22-11-12-4-7-20-8-5-12/h2-10H,11H2,1H3,(H,23,25)(H,21,22,24). The number of halogens is 1. The largest absolute Gasteiger partial charge is 0.495 e. The summed E-state index contributed by atoms with van der Waals surface area (Å²) in [5, 5.41) is 6.31. The first-order chi connectivity index (χ1) is 12.7. The quantitative estimate of drug-likeness (QED) is 0.692. The number of nitrogens with zero attached hydrogens (tertiary/aromatic N) is 3. The third-order valence-electron chi connectivity index (χ3n) is 3.50. The Hall–Kier alpha value is -3.19. The van der Waals surface area contributed by atoms with Crippen LogP contribution in [0.3, 0.4) is 0 Å². The molecule has 132 valence electrons. The molecule has 2 N–H and O–H groups in total. The van der Waals surface area contributed by atoms with Gasteiger partial charge in [-0.2, -0.15) is 0 Å². The Bertz CT molecular complexity index is 905. The zero-order valence-electron chi connectivity index (χ0n) is 13.9. The summed E-state index contributed by atoms with van der Waals surface area (Å²) in [7, 11) is 1.52. The van der Waals surface area contributed by atoms with Crippen molar-refractivity contribution in [3.05, 3.63) is 71.3 Å². The van der Waals surface area contributed by atoms with Crippen molar-refractivity contribution < 1.29 is 9.53 Å². The molecule has 0 fully saturated rings. The predicted molar refractivity (Wildman–Crippen MR) is 99.6 cm³/mol. The Labute approximate surface area is 155 Å². The van der Waals surface area contributed by atoms with Crippen LogP contribution in [0.4, 0.5) is 11.6 Å². The smallest absolute Gasteiger partial charge is 0.274 e. The summed E-state index contributed by atoms with van der Waals surface area (Å²) in [6.45, 7) is 0.524. The number of benzene rings is 1. The van der Waals surface area contributed by atoms with E-state index in [1.807, 2.05) is 12.1 Å². The average molecular weight is 370 g/mol. The summed E-state index contributed by atoms with van der Waals surface area (Å²) in [5.74, 6) is 0.472. The molecule has 2 heterocycles. The van der Waals surface area contributed by atoms with Crippen LogP contribution in [0.2, 0.25) is 5.02 Å². The van der Waals surface area contributed by atoms with E-state index in [4.69, 9.17) is 16.3 Å². The minimum absolute atomic E-state index is 0.222. The fourth-order valence-electron chi connectivity index (χ4n) is 2.22. The van der Waals surface area contributed by atoms with Crippen molar-refractivity contribution in [3.63, 3.8) is 0 Å².